The molecule has 0 fully saturated rings. The number of halogens is 3. The molecule has 0 unspecified atom stereocenters. The predicted molar refractivity (Wildman–Crippen MR) is 82.7 cm³/mol. The Morgan fingerprint density at radius 3 is 2.61 bits per heavy atom. The van der Waals surface area contributed by atoms with Gasteiger partial charge in [-0.3, -0.25) is 0 Å². The van der Waals surface area contributed by atoms with Gasteiger partial charge in [-0.15, -0.1) is 0 Å². The van der Waals surface area contributed by atoms with Crippen LogP contribution in [0.4, 0.5) is 5.69 Å². The Morgan fingerprint density at radius 2 is 1.89 bits per heavy atom. The summed E-state index contributed by atoms with van der Waals surface area (Å²) < 4.78 is 1.04. The molecule has 0 radical (unpaired) electrons. The summed E-state index contributed by atoms with van der Waals surface area (Å²) in [5.41, 5.74) is 3.18. The highest BCUT2D eigenvalue weighted by molar-refractivity contribution is 9.10. The number of benzene rings is 2. The van der Waals surface area contributed by atoms with Crippen molar-refractivity contribution in [2.24, 2.45) is 0 Å². The van der Waals surface area contributed by atoms with Crippen molar-refractivity contribution in [3.8, 4) is 0 Å². The first-order valence-corrected chi connectivity index (χ1v) is 7.05. The van der Waals surface area contributed by atoms with Gasteiger partial charge in [0, 0.05) is 26.8 Å². The number of hydrogen-bond donors (Lipinski definition) is 1. The number of hydrogen-bond acceptors (Lipinski definition) is 1. The Morgan fingerprint density at radius 1 is 1.11 bits per heavy atom. The van der Waals surface area contributed by atoms with Crippen LogP contribution in [0.3, 0.4) is 0 Å². The fourth-order valence-electron chi connectivity index (χ4n) is 1.58. The summed E-state index contributed by atoms with van der Waals surface area (Å²) in [5, 5.41) is 4.83. The smallest absolute Gasteiger partial charge is 0.0455 e. The van der Waals surface area contributed by atoms with Crippen LogP contribution in [0.15, 0.2) is 40.9 Å². The second-order valence-electron chi connectivity index (χ2n) is 4.05. The minimum Gasteiger partial charge on any atom is -0.381 e. The van der Waals surface area contributed by atoms with Crippen LogP contribution >= 0.6 is 39.1 Å². The molecule has 18 heavy (non-hydrogen) atoms. The van der Waals surface area contributed by atoms with Crippen molar-refractivity contribution in [2.75, 3.05) is 5.32 Å². The van der Waals surface area contributed by atoms with Gasteiger partial charge in [-0.05, 0) is 48.4 Å². The molecular weight excluding hydrogens is 333 g/mol. The third kappa shape index (κ3) is 3.41. The van der Waals surface area contributed by atoms with Crippen molar-refractivity contribution in [3.05, 3.63) is 62.0 Å². The largest absolute Gasteiger partial charge is 0.381 e. The summed E-state index contributed by atoms with van der Waals surface area (Å²) in [6.45, 7) is 2.68. The van der Waals surface area contributed by atoms with Crippen molar-refractivity contribution in [1.29, 1.82) is 0 Å². The summed E-state index contributed by atoms with van der Waals surface area (Å²) in [7, 11) is 0. The highest BCUT2D eigenvalue weighted by Gasteiger charge is 2.02. The molecule has 0 atom stereocenters. The molecule has 0 aliphatic rings. The zero-order chi connectivity index (χ0) is 13.1. The van der Waals surface area contributed by atoms with Crippen LogP contribution in [0.2, 0.25) is 10.0 Å². The van der Waals surface area contributed by atoms with E-state index in [1.54, 1.807) is 0 Å². The van der Waals surface area contributed by atoms with Crippen LogP contribution in [-0.2, 0) is 6.54 Å². The Bertz CT molecular complexity index is 570. The van der Waals surface area contributed by atoms with Crippen LogP contribution in [0, 0.1) is 6.92 Å². The molecule has 94 valence electrons. The minimum absolute atomic E-state index is 0.695. The molecule has 0 saturated carbocycles. The van der Waals surface area contributed by atoms with E-state index in [9.17, 15) is 0 Å². The van der Waals surface area contributed by atoms with Crippen molar-refractivity contribution < 1.29 is 0 Å². The van der Waals surface area contributed by atoms with Crippen LogP contribution in [-0.4, -0.2) is 0 Å². The molecule has 0 heterocycles. The summed E-state index contributed by atoms with van der Waals surface area (Å²) in [5.74, 6) is 0. The minimum atomic E-state index is 0.695. The van der Waals surface area contributed by atoms with Crippen molar-refractivity contribution in [1.82, 2.24) is 0 Å². The number of nitrogens with one attached hydrogen (secondary N) is 1. The van der Waals surface area contributed by atoms with E-state index in [4.69, 9.17) is 23.2 Å². The fourth-order valence-corrected chi connectivity index (χ4v) is 2.34. The molecule has 0 aromatic heterocycles. The summed E-state index contributed by atoms with van der Waals surface area (Å²) >= 11 is 15.6. The molecule has 0 saturated heterocycles. The van der Waals surface area contributed by atoms with E-state index in [0.717, 1.165) is 31.3 Å². The summed E-state index contributed by atoms with van der Waals surface area (Å²) in [4.78, 5) is 0. The lowest BCUT2D eigenvalue weighted by molar-refractivity contribution is 1.14. The van der Waals surface area contributed by atoms with Gasteiger partial charge in [0.25, 0.3) is 0 Å². The maximum Gasteiger partial charge on any atom is 0.0455 e. The lowest BCUT2D eigenvalue weighted by Gasteiger charge is -2.10. The second kappa shape index (κ2) is 5.96. The fraction of sp³-hybridized carbons (Fsp3) is 0.143. The topological polar surface area (TPSA) is 12.0 Å². The van der Waals surface area contributed by atoms with Crippen molar-refractivity contribution >= 4 is 44.8 Å². The molecule has 4 heteroatoms. The van der Waals surface area contributed by atoms with Crippen LogP contribution in [0.1, 0.15) is 11.1 Å². The van der Waals surface area contributed by atoms with E-state index in [1.165, 1.54) is 0 Å². The van der Waals surface area contributed by atoms with Gasteiger partial charge in [0.15, 0.2) is 0 Å². The number of rotatable bonds is 3. The predicted octanol–water partition coefficient (Wildman–Crippen LogP) is 5.68. The lowest BCUT2D eigenvalue weighted by Crippen LogP contribution is -2.00. The number of aryl methyl sites for hydroxylation is 1. The highest BCUT2D eigenvalue weighted by Crippen LogP contribution is 2.24. The van der Waals surface area contributed by atoms with Gasteiger partial charge in [0.05, 0.1) is 0 Å². The Hall–Kier alpha value is -0.700. The highest BCUT2D eigenvalue weighted by atomic mass is 79.9. The molecule has 1 N–H and O–H groups in total. The standard InChI is InChI=1S/C14H12BrCl2N/c1-9-2-4-12(7-14(9)17)18-8-10-6-11(16)3-5-13(10)15/h2-7,18H,8H2,1H3. The van der Waals surface area contributed by atoms with Crippen LogP contribution in [0.25, 0.3) is 0 Å². The van der Waals surface area contributed by atoms with Crippen LogP contribution < -0.4 is 5.32 Å². The molecule has 0 aliphatic carbocycles. The molecule has 2 aromatic rings. The van der Waals surface area contributed by atoms with Crippen molar-refractivity contribution in [3.63, 3.8) is 0 Å². The Labute approximate surface area is 125 Å². The third-order valence-electron chi connectivity index (χ3n) is 2.66. The number of anilines is 1. The zero-order valence-corrected chi connectivity index (χ0v) is 12.9. The lowest BCUT2D eigenvalue weighted by atomic mass is 10.2. The molecule has 2 aromatic carbocycles. The molecule has 1 nitrogen and oxygen atoms in total. The quantitative estimate of drug-likeness (QED) is 0.755. The van der Waals surface area contributed by atoms with Gasteiger partial charge in [0.1, 0.15) is 0 Å². The van der Waals surface area contributed by atoms with Gasteiger partial charge < -0.3 is 5.32 Å². The zero-order valence-electron chi connectivity index (χ0n) is 9.81. The molecule has 2 rings (SSSR count). The van der Waals surface area contributed by atoms with E-state index < -0.39 is 0 Å². The Balaban J connectivity index is 2.11. The van der Waals surface area contributed by atoms with Gasteiger partial charge in [-0.2, -0.15) is 0 Å². The molecule has 0 aliphatic heterocycles. The first-order chi connectivity index (χ1) is 8.56. The first-order valence-electron chi connectivity index (χ1n) is 5.50. The molecule has 0 bridgehead atoms. The van der Waals surface area contributed by atoms with Gasteiger partial charge >= 0.3 is 0 Å². The third-order valence-corrected chi connectivity index (χ3v) is 4.08. The Kier molecular flexibility index (Phi) is 4.55. The average Bonchev–Trinajstić information content (AvgIpc) is 2.34. The van der Waals surface area contributed by atoms with Gasteiger partial charge in [0.2, 0.25) is 0 Å². The SMILES string of the molecule is Cc1ccc(NCc2cc(Cl)ccc2Br)cc1Cl. The average molecular weight is 345 g/mol. The summed E-state index contributed by atoms with van der Waals surface area (Å²) in [6, 6.07) is 11.7. The maximum absolute atomic E-state index is 6.08. The molecule has 0 spiro atoms. The van der Waals surface area contributed by atoms with E-state index in [2.05, 4.69) is 21.2 Å². The summed E-state index contributed by atoms with van der Waals surface area (Å²) in [6.07, 6.45) is 0. The maximum atomic E-state index is 6.08. The van der Waals surface area contributed by atoms with Crippen molar-refractivity contribution in [2.45, 2.75) is 13.5 Å². The van der Waals surface area contributed by atoms with Gasteiger partial charge in [-0.1, -0.05) is 45.2 Å². The van der Waals surface area contributed by atoms with E-state index in [0.29, 0.717) is 6.54 Å². The monoisotopic (exact) mass is 343 g/mol. The van der Waals surface area contributed by atoms with Gasteiger partial charge in [-0.25, -0.2) is 0 Å². The second-order valence-corrected chi connectivity index (χ2v) is 5.75. The van der Waals surface area contributed by atoms with E-state index in [-0.39, 0.29) is 0 Å². The first kappa shape index (κ1) is 13.7. The molecule has 0 amide bonds. The normalized spacial score (nSPS) is 10.4. The van der Waals surface area contributed by atoms with E-state index >= 15 is 0 Å². The molecular formula is C14H12BrCl2N. The van der Waals surface area contributed by atoms with Crippen LogP contribution in [0.5, 0.6) is 0 Å². The van der Waals surface area contributed by atoms with E-state index in [1.807, 2.05) is 43.3 Å².